The first-order valence-electron chi connectivity index (χ1n) is 5.77. The maximum atomic E-state index is 3.56. The molecule has 2 aliphatic carbocycles. The Kier molecular flexibility index (Phi) is 3.23. The van der Waals surface area contributed by atoms with Gasteiger partial charge in [0.15, 0.2) is 0 Å². The summed E-state index contributed by atoms with van der Waals surface area (Å²) in [7, 11) is 2.25. The van der Waals surface area contributed by atoms with Gasteiger partial charge in [-0.15, -0.1) is 0 Å². The first kappa shape index (κ1) is 9.47. The van der Waals surface area contributed by atoms with Crippen LogP contribution in [0.1, 0.15) is 32.1 Å². The first-order valence-corrected chi connectivity index (χ1v) is 5.77. The van der Waals surface area contributed by atoms with Crippen LogP contribution in [0, 0.1) is 5.92 Å². The zero-order valence-corrected chi connectivity index (χ0v) is 8.76. The molecule has 0 aromatic heterocycles. The summed E-state index contributed by atoms with van der Waals surface area (Å²) in [5.41, 5.74) is 0. The molecule has 2 heteroatoms. The van der Waals surface area contributed by atoms with E-state index in [9.17, 15) is 0 Å². The van der Waals surface area contributed by atoms with E-state index in [2.05, 4.69) is 17.3 Å². The predicted octanol–water partition coefficient (Wildman–Crippen LogP) is 1.47. The van der Waals surface area contributed by atoms with E-state index in [1.54, 1.807) is 0 Å². The van der Waals surface area contributed by atoms with Crippen LogP contribution >= 0.6 is 0 Å². The molecule has 76 valence electrons. The molecule has 0 radical (unpaired) electrons. The Morgan fingerprint density at radius 2 is 2.00 bits per heavy atom. The minimum Gasteiger partial charge on any atom is -0.315 e. The molecule has 0 aromatic rings. The van der Waals surface area contributed by atoms with Gasteiger partial charge in [-0.05, 0) is 45.2 Å². The van der Waals surface area contributed by atoms with Crippen molar-refractivity contribution in [2.45, 2.75) is 38.1 Å². The zero-order chi connectivity index (χ0) is 9.10. The molecular formula is C11H22N2. The number of nitrogens with one attached hydrogen (secondary N) is 1. The molecular weight excluding hydrogens is 160 g/mol. The molecule has 0 aliphatic heterocycles. The van der Waals surface area contributed by atoms with E-state index in [0.29, 0.717) is 0 Å². The van der Waals surface area contributed by atoms with Crippen molar-refractivity contribution in [2.24, 2.45) is 5.92 Å². The van der Waals surface area contributed by atoms with E-state index in [0.717, 1.165) is 12.0 Å². The summed E-state index contributed by atoms with van der Waals surface area (Å²) >= 11 is 0. The number of likely N-dealkylation sites (N-methyl/N-ethyl adjacent to an activating group) is 1. The summed E-state index contributed by atoms with van der Waals surface area (Å²) in [5, 5.41) is 3.56. The SMILES string of the molecule is CN(CCNCC1CCC1)C1CC1. The van der Waals surface area contributed by atoms with Crippen LogP contribution in [0.15, 0.2) is 0 Å². The monoisotopic (exact) mass is 182 g/mol. The third kappa shape index (κ3) is 2.96. The van der Waals surface area contributed by atoms with Gasteiger partial charge in [-0.2, -0.15) is 0 Å². The molecule has 0 bridgehead atoms. The van der Waals surface area contributed by atoms with Crippen LogP contribution in [-0.4, -0.2) is 37.6 Å². The summed E-state index contributed by atoms with van der Waals surface area (Å²) in [6, 6.07) is 0.922. The maximum absolute atomic E-state index is 3.56. The molecule has 2 rings (SSSR count). The average molecular weight is 182 g/mol. The van der Waals surface area contributed by atoms with E-state index >= 15 is 0 Å². The highest BCUT2D eigenvalue weighted by Crippen LogP contribution is 2.25. The van der Waals surface area contributed by atoms with Gasteiger partial charge in [0, 0.05) is 19.1 Å². The van der Waals surface area contributed by atoms with Crippen LogP contribution < -0.4 is 5.32 Å². The highest BCUT2D eigenvalue weighted by atomic mass is 15.2. The first-order chi connectivity index (χ1) is 6.36. The summed E-state index contributed by atoms with van der Waals surface area (Å²) in [4.78, 5) is 2.49. The average Bonchev–Trinajstić information content (AvgIpc) is 2.82. The molecule has 2 saturated carbocycles. The summed E-state index contributed by atoms with van der Waals surface area (Å²) < 4.78 is 0. The molecule has 0 aromatic carbocycles. The van der Waals surface area contributed by atoms with E-state index < -0.39 is 0 Å². The summed E-state index contributed by atoms with van der Waals surface area (Å²) in [5.74, 6) is 1.01. The Labute approximate surface area is 81.7 Å². The fourth-order valence-electron chi connectivity index (χ4n) is 1.96. The minimum absolute atomic E-state index is 0.922. The summed E-state index contributed by atoms with van der Waals surface area (Å²) in [6.07, 6.45) is 7.25. The molecule has 1 N–H and O–H groups in total. The van der Waals surface area contributed by atoms with Gasteiger partial charge in [0.1, 0.15) is 0 Å². The lowest BCUT2D eigenvalue weighted by atomic mass is 9.85. The Morgan fingerprint density at radius 1 is 1.23 bits per heavy atom. The quantitative estimate of drug-likeness (QED) is 0.626. The summed E-state index contributed by atoms with van der Waals surface area (Å²) in [6.45, 7) is 3.68. The number of rotatable bonds is 6. The van der Waals surface area contributed by atoms with Crippen molar-refractivity contribution in [1.29, 1.82) is 0 Å². The van der Waals surface area contributed by atoms with Gasteiger partial charge in [-0.1, -0.05) is 6.42 Å². The standard InChI is InChI=1S/C11H22N2/c1-13(11-5-6-11)8-7-12-9-10-3-2-4-10/h10-12H,2-9H2,1H3. The smallest absolute Gasteiger partial charge is 0.0107 e. The van der Waals surface area contributed by atoms with E-state index in [1.165, 1.54) is 51.7 Å². The second kappa shape index (κ2) is 4.43. The molecule has 13 heavy (non-hydrogen) atoms. The van der Waals surface area contributed by atoms with Crippen molar-refractivity contribution in [3.8, 4) is 0 Å². The van der Waals surface area contributed by atoms with Crippen molar-refractivity contribution in [3.63, 3.8) is 0 Å². The highest BCUT2D eigenvalue weighted by molar-refractivity contribution is 4.82. The van der Waals surface area contributed by atoms with E-state index in [4.69, 9.17) is 0 Å². The molecule has 0 amide bonds. The largest absolute Gasteiger partial charge is 0.315 e. The fraction of sp³-hybridized carbons (Fsp3) is 1.00. The van der Waals surface area contributed by atoms with Gasteiger partial charge in [0.2, 0.25) is 0 Å². The highest BCUT2D eigenvalue weighted by Gasteiger charge is 2.25. The molecule has 0 atom stereocenters. The molecule has 2 nitrogen and oxygen atoms in total. The molecule has 0 heterocycles. The van der Waals surface area contributed by atoms with E-state index in [1.807, 2.05) is 0 Å². The van der Waals surface area contributed by atoms with Crippen molar-refractivity contribution in [3.05, 3.63) is 0 Å². The minimum atomic E-state index is 0.922. The Balaban J connectivity index is 1.43. The molecule has 2 aliphatic rings. The Hall–Kier alpha value is -0.0800. The number of hydrogen-bond acceptors (Lipinski definition) is 2. The van der Waals surface area contributed by atoms with Crippen LogP contribution in [0.3, 0.4) is 0 Å². The van der Waals surface area contributed by atoms with Crippen LogP contribution in [0.25, 0.3) is 0 Å². The van der Waals surface area contributed by atoms with Crippen LogP contribution in [-0.2, 0) is 0 Å². The van der Waals surface area contributed by atoms with Crippen molar-refractivity contribution in [2.75, 3.05) is 26.7 Å². The van der Waals surface area contributed by atoms with Crippen LogP contribution in [0.5, 0.6) is 0 Å². The lowest BCUT2D eigenvalue weighted by Gasteiger charge is -2.26. The van der Waals surface area contributed by atoms with Gasteiger partial charge in [0.25, 0.3) is 0 Å². The Bertz CT molecular complexity index is 150. The lowest BCUT2D eigenvalue weighted by Crippen LogP contribution is -2.34. The number of hydrogen-bond donors (Lipinski definition) is 1. The molecule has 0 saturated heterocycles. The van der Waals surface area contributed by atoms with Crippen molar-refractivity contribution >= 4 is 0 Å². The Morgan fingerprint density at radius 3 is 2.54 bits per heavy atom. The van der Waals surface area contributed by atoms with Gasteiger partial charge < -0.3 is 10.2 Å². The third-order valence-corrected chi connectivity index (χ3v) is 3.47. The molecule has 0 unspecified atom stereocenters. The number of nitrogens with zero attached hydrogens (tertiary/aromatic N) is 1. The van der Waals surface area contributed by atoms with Gasteiger partial charge in [-0.25, -0.2) is 0 Å². The zero-order valence-electron chi connectivity index (χ0n) is 8.76. The van der Waals surface area contributed by atoms with Gasteiger partial charge in [0.05, 0.1) is 0 Å². The second-order valence-corrected chi connectivity index (χ2v) is 4.71. The third-order valence-electron chi connectivity index (χ3n) is 3.47. The lowest BCUT2D eigenvalue weighted by molar-refractivity contribution is 0.282. The van der Waals surface area contributed by atoms with Crippen LogP contribution in [0.2, 0.25) is 0 Å². The normalized spacial score (nSPS) is 23.5. The van der Waals surface area contributed by atoms with Crippen molar-refractivity contribution < 1.29 is 0 Å². The van der Waals surface area contributed by atoms with Crippen molar-refractivity contribution in [1.82, 2.24) is 10.2 Å². The second-order valence-electron chi connectivity index (χ2n) is 4.71. The molecule has 0 spiro atoms. The topological polar surface area (TPSA) is 15.3 Å². The predicted molar refractivity (Wildman–Crippen MR) is 55.9 cm³/mol. The van der Waals surface area contributed by atoms with Gasteiger partial charge >= 0.3 is 0 Å². The fourth-order valence-corrected chi connectivity index (χ4v) is 1.96. The maximum Gasteiger partial charge on any atom is 0.0107 e. The van der Waals surface area contributed by atoms with E-state index in [-0.39, 0.29) is 0 Å². The molecule has 2 fully saturated rings. The van der Waals surface area contributed by atoms with Gasteiger partial charge in [-0.3, -0.25) is 0 Å². The van der Waals surface area contributed by atoms with Crippen LogP contribution in [0.4, 0.5) is 0 Å².